The van der Waals surface area contributed by atoms with Gasteiger partial charge in [0.1, 0.15) is 0 Å². The van der Waals surface area contributed by atoms with E-state index in [-0.39, 0.29) is 0 Å². The molecular formula is C52H33N3S. The van der Waals surface area contributed by atoms with Crippen LogP contribution in [0.2, 0.25) is 0 Å². The van der Waals surface area contributed by atoms with Crippen molar-refractivity contribution in [2.75, 3.05) is 0 Å². The molecule has 0 aliphatic carbocycles. The average Bonchev–Trinajstić information content (AvgIpc) is 3.82. The predicted molar refractivity (Wildman–Crippen MR) is 236 cm³/mol. The van der Waals surface area contributed by atoms with Crippen molar-refractivity contribution < 1.29 is 0 Å². The van der Waals surface area contributed by atoms with Crippen molar-refractivity contribution in [3.8, 4) is 61.8 Å². The molecule has 262 valence electrons. The minimum Gasteiger partial charge on any atom is -0.278 e. The SMILES string of the molecule is c1ccc(-c2cc(-c3ccccc3)nc(-n3c4ccccc4c4cc(-c5ccccc5-c5ccccc5-c5ccc6sc7ccccc7c6c5)ccc43)n2)cc1. The van der Waals surface area contributed by atoms with Crippen molar-refractivity contribution >= 4 is 53.3 Å². The zero-order valence-electron chi connectivity index (χ0n) is 30.3. The Morgan fingerprint density at radius 2 is 0.804 bits per heavy atom. The number of thiophene rings is 1. The van der Waals surface area contributed by atoms with E-state index in [0.29, 0.717) is 5.95 Å². The van der Waals surface area contributed by atoms with Gasteiger partial charge in [-0.2, -0.15) is 0 Å². The molecule has 0 N–H and O–H groups in total. The van der Waals surface area contributed by atoms with Gasteiger partial charge in [-0.25, -0.2) is 9.97 Å². The van der Waals surface area contributed by atoms with Crippen molar-refractivity contribution in [3.63, 3.8) is 0 Å². The molecule has 0 atom stereocenters. The molecule has 11 rings (SSSR count). The Hall–Kier alpha value is -7.14. The van der Waals surface area contributed by atoms with E-state index in [1.807, 2.05) is 23.5 Å². The van der Waals surface area contributed by atoms with Crippen LogP contribution in [0.3, 0.4) is 0 Å². The van der Waals surface area contributed by atoms with Crippen LogP contribution in [0.25, 0.3) is 104 Å². The number of aromatic nitrogens is 3. The lowest BCUT2D eigenvalue weighted by molar-refractivity contribution is 0.995. The first kappa shape index (κ1) is 32.3. The normalized spacial score (nSPS) is 11.6. The predicted octanol–water partition coefficient (Wildman–Crippen LogP) is 14.3. The van der Waals surface area contributed by atoms with Crippen molar-refractivity contribution in [1.29, 1.82) is 0 Å². The summed E-state index contributed by atoms with van der Waals surface area (Å²) in [7, 11) is 0. The lowest BCUT2D eigenvalue weighted by Crippen LogP contribution is -2.04. The fourth-order valence-corrected chi connectivity index (χ4v) is 9.32. The summed E-state index contributed by atoms with van der Waals surface area (Å²) in [5.74, 6) is 0.647. The van der Waals surface area contributed by atoms with E-state index in [1.165, 1.54) is 48.0 Å². The topological polar surface area (TPSA) is 30.7 Å². The number of nitrogens with zero attached hydrogens (tertiary/aromatic N) is 3. The number of rotatable bonds is 6. The van der Waals surface area contributed by atoms with Gasteiger partial charge in [0.25, 0.3) is 0 Å². The molecule has 11 aromatic rings. The minimum atomic E-state index is 0.647. The first-order valence-corrected chi connectivity index (χ1v) is 19.7. The maximum Gasteiger partial charge on any atom is 0.235 e. The lowest BCUT2D eigenvalue weighted by atomic mass is 9.89. The smallest absolute Gasteiger partial charge is 0.235 e. The molecule has 0 amide bonds. The Morgan fingerprint density at radius 3 is 1.46 bits per heavy atom. The summed E-state index contributed by atoms with van der Waals surface area (Å²) in [4.78, 5) is 10.5. The second kappa shape index (κ2) is 13.3. The molecule has 56 heavy (non-hydrogen) atoms. The third kappa shape index (κ3) is 5.42. The molecule has 0 bridgehead atoms. The van der Waals surface area contributed by atoms with E-state index in [2.05, 4.69) is 193 Å². The monoisotopic (exact) mass is 731 g/mol. The summed E-state index contributed by atoms with van der Waals surface area (Å²) < 4.78 is 4.86. The van der Waals surface area contributed by atoms with E-state index in [9.17, 15) is 0 Å². The highest BCUT2D eigenvalue weighted by molar-refractivity contribution is 7.25. The van der Waals surface area contributed by atoms with Gasteiger partial charge in [-0.3, -0.25) is 4.57 Å². The molecule has 0 aliphatic heterocycles. The molecular weight excluding hydrogens is 699 g/mol. The van der Waals surface area contributed by atoms with Gasteiger partial charge in [-0.05, 0) is 75.8 Å². The maximum atomic E-state index is 5.23. The van der Waals surface area contributed by atoms with Crippen LogP contribution in [-0.2, 0) is 0 Å². The van der Waals surface area contributed by atoms with Gasteiger partial charge >= 0.3 is 0 Å². The van der Waals surface area contributed by atoms with Crippen molar-refractivity contribution in [1.82, 2.24) is 14.5 Å². The van der Waals surface area contributed by atoms with Crippen molar-refractivity contribution in [3.05, 3.63) is 200 Å². The van der Waals surface area contributed by atoms with E-state index in [4.69, 9.17) is 9.97 Å². The second-order valence-electron chi connectivity index (χ2n) is 14.2. The van der Waals surface area contributed by atoms with Crippen molar-refractivity contribution in [2.45, 2.75) is 0 Å². The van der Waals surface area contributed by atoms with Crippen LogP contribution >= 0.6 is 11.3 Å². The van der Waals surface area contributed by atoms with Gasteiger partial charge in [0, 0.05) is 42.1 Å². The van der Waals surface area contributed by atoms with Gasteiger partial charge in [-0.1, -0.05) is 158 Å². The fourth-order valence-electron chi connectivity index (χ4n) is 8.24. The molecule has 0 saturated heterocycles. The highest BCUT2D eigenvalue weighted by Crippen LogP contribution is 2.43. The van der Waals surface area contributed by atoms with Gasteiger partial charge < -0.3 is 0 Å². The molecule has 4 heteroatoms. The van der Waals surface area contributed by atoms with E-state index in [1.54, 1.807) is 0 Å². The molecule has 0 saturated carbocycles. The fraction of sp³-hybridized carbons (Fsp3) is 0. The Balaban J connectivity index is 1.08. The largest absolute Gasteiger partial charge is 0.278 e. The first-order valence-electron chi connectivity index (χ1n) is 18.9. The molecule has 0 fully saturated rings. The quantitative estimate of drug-likeness (QED) is 0.170. The Morgan fingerprint density at radius 1 is 0.321 bits per heavy atom. The zero-order valence-corrected chi connectivity index (χ0v) is 31.1. The summed E-state index contributed by atoms with van der Waals surface area (Å²) in [6, 6.07) is 71.5. The minimum absolute atomic E-state index is 0.647. The number of benzene rings is 8. The molecule has 3 nitrogen and oxygen atoms in total. The molecule has 0 unspecified atom stereocenters. The first-order chi connectivity index (χ1) is 27.8. The molecule has 0 aliphatic rings. The summed E-state index contributed by atoms with van der Waals surface area (Å²) in [6.45, 7) is 0. The Kier molecular flexibility index (Phi) is 7.68. The standard InChI is InChI=1S/C52H33N3S/c1-3-15-34(16-4-1)46-33-47(35-17-5-2-6-18-35)54-52(53-46)55-48-25-13-11-23-42(48)44-31-36(27-29-49(44)55)38-19-7-9-21-40(38)41-22-10-8-20-39(41)37-28-30-51-45(32-37)43-24-12-14-26-50(43)56-51/h1-33H. The maximum absolute atomic E-state index is 5.23. The molecule has 0 radical (unpaired) electrons. The highest BCUT2D eigenvalue weighted by atomic mass is 32.1. The number of para-hydroxylation sites is 1. The third-order valence-electron chi connectivity index (χ3n) is 10.9. The molecule has 0 spiro atoms. The zero-order chi connectivity index (χ0) is 37.0. The molecule has 8 aromatic carbocycles. The third-order valence-corrected chi connectivity index (χ3v) is 12.0. The van der Waals surface area contributed by atoms with E-state index < -0.39 is 0 Å². The van der Waals surface area contributed by atoms with Gasteiger partial charge in [0.15, 0.2) is 0 Å². The Labute approximate surface area is 328 Å². The highest BCUT2D eigenvalue weighted by Gasteiger charge is 2.19. The van der Waals surface area contributed by atoms with Crippen LogP contribution in [0, 0.1) is 0 Å². The summed E-state index contributed by atoms with van der Waals surface area (Å²) >= 11 is 1.86. The lowest BCUT2D eigenvalue weighted by Gasteiger charge is -2.15. The summed E-state index contributed by atoms with van der Waals surface area (Å²) in [5.41, 5.74) is 13.2. The van der Waals surface area contributed by atoms with E-state index in [0.717, 1.165) is 49.9 Å². The van der Waals surface area contributed by atoms with Crippen LogP contribution < -0.4 is 0 Å². The van der Waals surface area contributed by atoms with E-state index >= 15 is 0 Å². The van der Waals surface area contributed by atoms with Gasteiger partial charge in [-0.15, -0.1) is 11.3 Å². The molecule has 3 aromatic heterocycles. The number of hydrogen-bond donors (Lipinski definition) is 0. The van der Waals surface area contributed by atoms with Crippen LogP contribution in [0.5, 0.6) is 0 Å². The van der Waals surface area contributed by atoms with Crippen LogP contribution in [0.4, 0.5) is 0 Å². The summed E-state index contributed by atoms with van der Waals surface area (Å²) in [5, 5.41) is 4.94. The summed E-state index contributed by atoms with van der Waals surface area (Å²) in [6.07, 6.45) is 0. The van der Waals surface area contributed by atoms with Crippen LogP contribution in [-0.4, -0.2) is 14.5 Å². The van der Waals surface area contributed by atoms with Gasteiger partial charge in [0.2, 0.25) is 5.95 Å². The van der Waals surface area contributed by atoms with Crippen LogP contribution in [0.15, 0.2) is 200 Å². The van der Waals surface area contributed by atoms with Crippen LogP contribution in [0.1, 0.15) is 0 Å². The molecule has 3 heterocycles. The second-order valence-corrected chi connectivity index (χ2v) is 15.2. The van der Waals surface area contributed by atoms with Gasteiger partial charge in [0.05, 0.1) is 22.4 Å². The van der Waals surface area contributed by atoms with Crippen molar-refractivity contribution in [2.24, 2.45) is 0 Å². The Bertz CT molecular complexity index is 3190. The number of fused-ring (bicyclic) bond motifs is 6. The average molecular weight is 732 g/mol. The number of hydrogen-bond acceptors (Lipinski definition) is 3.